The molecule has 2 rings (SSSR count). The Morgan fingerprint density at radius 3 is 2.52 bits per heavy atom. The van der Waals surface area contributed by atoms with Gasteiger partial charge in [-0.05, 0) is 43.7 Å². The van der Waals surface area contributed by atoms with Gasteiger partial charge in [-0.1, -0.05) is 30.3 Å². The molecule has 0 aliphatic rings. The minimum absolute atomic E-state index is 0.142. The zero-order valence-corrected chi connectivity index (χ0v) is 12.7. The Kier molecular flexibility index (Phi) is 5.38. The summed E-state index contributed by atoms with van der Waals surface area (Å²) in [6.45, 7) is 5.39. The van der Waals surface area contributed by atoms with Crippen LogP contribution in [0.1, 0.15) is 18.9 Å². The summed E-state index contributed by atoms with van der Waals surface area (Å²) in [5, 5.41) is 3.30. The van der Waals surface area contributed by atoms with Crippen LogP contribution in [0, 0.1) is 6.92 Å². The van der Waals surface area contributed by atoms with Crippen LogP contribution in [-0.4, -0.2) is 19.0 Å². The average Bonchev–Trinajstić information content (AvgIpc) is 2.49. The SMILES string of the molecule is CCN(C(=O)CCNc1cccc(C)c1)c1ccccc1. The van der Waals surface area contributed by atoms with Gasteiger partial charge in [0.15, 0.2) is 0 Å². The normalized spacial score (nSPS) is 10.2. The van der Waals surface area contributed by atoms with Gasteiger partial charge in [-0.15, -0.1) is 0 Å². The third-order valence-electron chi connectivity index (χ3n) is 3.37. The Bertz CT molecular complexity index is 581. The molecule has 0 heterocycles. The van der Waals surface area contributed by atoms with Crippen molar-refractivity contribution in [2.45, 2.75) is 20.3 Å². The highest BCUT2D eigenvalue weighted by Gasteiger charge is 2.12. The number of rotatable bonds is 6. The van der Waals surface area contributed by atoms with Crippen molar-refractivity contribution in [3.63, 3.8) is 0 Å². The molecule has 2 aromatic carbocycles. The van der Waals surface area contributed by atoms with E-state index in [0.29, 0.717) is 19.5 Å². The number of benzene rings is 2. The predicted octanol–water partition coefficient (Wildman–Crippen LogP) is 3.85. The number of nitrogens with zero attached hydrogens (tertiary/aromatic N) is 1. The molecule has 21 heavy (non-hydrogen) atoms. The molecule has 1 amide bonds. The Balaban J connectivity index is 1.89. The van der Waals surface area contributed by atoms with Crippen molar-refractivity contribution in [3.8, 4) is 0 Å². The maximum absolute atomic E-state index is 12.3. The lowest BCUT2D eigenvalue weighted by molar-refractivity contribution is -0.118. The molecule has 0 aliphatic heterocycles. The van der Waals surface area contributed by atoms with Gasteiger partial charge in [0.1, 0.15) is 0 Å². The van der Waals surface area contributed by atoms with E-state index in [1.54, 1.807) is 0 Å². The van der Waals surface area contributed by atoms with E-state index in [1.165, 1.54) is 5.56 Å². The zero-order chi connectivity index (χ0) is 15.1. The molecule has 0 aromatic heterocycles. The molecule has 0 unspecified atom stereocenters. The standard InChI is InChI=1S/C18H22N2O/c1-3-20(17-10-5-4-6-11-17)18(21)12-13-19-16-9-7-8-15(2)14-16/h4-11,14,19H,3,12-13H2,1-2H3. The predicted molar refractivity (Wildman–Crippen MR) is 88.8 cm³/mol. The fraction of sp³-hybridized carbons (Fsp3) is 0.278. The van der Waals surface area contributed by atoms with Crippen LogP contribution in [0.2, 0.25) is 0 Å². The number of amides is 1. The van der Waals surface area contributed by atoms with Crippen LogP contribution >= 0.6 is 0 Å². The van der Waals surface area contributed by atoms with E-state index in [1.807, 2.05) is 54.3 Å². The van der Waals surface area contributed by atoms with Gasteiger partial charge in [-0.25, -0.2) is 0 Å². The number of hydrogen-bond acceptors (Lipinski definition) is 2. The second-order valence-corrected chi connectivity index (χ2v) is 5.02. The lowest BCUT2D eigenvalue weighted by atomic mass is 10.2. The van der Waals surface area contributed by atoms with Crippen LogP contribution in [-0.2, 0) is 4.79 Å². The summed E-state index contributed by atoms with van der Waals surface area (Å²) in [5.41, 5.74) is 3.23. The molecule has 2 aromatic rings. The fourth-order valence-corrected chi connectivity index (χ4v) is 2.31. The van der Waals surface area contributed by atoms with Crippen LogP contribution in [0.15, 0.2) is 54.6 Å². The number of para-hydroxylation sites is 1. The second kappa shape index (κ2) is 7.48. The average molecular weight is 282 g/mol. The Morgan fingerprint density at radius 2 is 1.86 bits per heavy atom. The first kappa shape index (κ1) is 15.1. The summed E-state index contributed by atoms with van der Waals surface area (Å²) < 4.78 is 0. The number of nitrogens with one attached hydrogen (secondary N) is 1. The number of carbonyl (C=O) groups excluding carboxylic acids is 1. The summed E-state index contributed by atoms with van der Waals surface area (Å²) in [6, 6.07) is 18.0. The molecular formula is C18H22N2O. The van der Waals surface area contributed by atoms with Crippen molar-refractivity contribution in [1.29, 1.82) is 0 Å². The Labute approximate surface area is 126 Å². The van der Waals surface area contributed by atoms with Gasteiger partial charge in [-0.2, -0.15) is 0 Å². The van der Waals surface area contributed by atoms with Crippen molar-refractivity contribution in [2.75, 3.05) is 23.3 Å². The summed E-state index contributed by atoms with van der Waals surface area (Å²) in [4.78, 5) is 14.1. The summed E-state index contributed by atoms with van der Waals surface area (Å²) in [6.07, 6.45) is 0.483. The summed E-state index contributed by atoms with van der Waals surface area (Å²) in [7, 11) is 0. The minimum Gasteiger partial charge on any atom is -0.385 e. The van der Waals surface area contributed by atoms with Gasteiger partial charge in [0.05, 0.1) is 0 Å². The number of aryl methyl sites for hydroxylation is 1. The summed E-state index contributed by atoms with van der Waals surface area (Å²) in [5.74, 6) is 0.142. The molecule has 1 N–H and O–H groups in total. The van der Waals surface area contributed by atoms with Crippen molar-refractivity contribution in [1.82, 2.24) is 0 Å². The number of hydrogen-bond donors (Lipinski definition) is 1. The molecule has 0 spiro atoms. The van der Waals surface area contributed by atoms with Gasteiger partial charge in [0.2, 0.25) is 5.91 Å². The van der Waals surface area contributed by atoms with Crippen molar-refractivity contribution < 1.29 is 4.79 Å². The first-order valence-corrected chi connectivity index (χ1v) is 7.36. The second-order valence-electron chi connectivity index (χ2n) is 5.02. The van der Waals surface area contributed by atoms with Gasteiger partial charge in [0.25, 0.3) is 0 Å². The highest BCUT2D eigenvalue weighted by Crippen LogP contribution is 2.14. The van der Waals surface area contributed by atoms with Gasteiger partial charge >= 0.3 is 0 Å². The molecule has 0 atom stereocenters. The maximum Gasteiger partial charge on any atom is 0.228 e. The van der Waals surface area contributed by atoms with Crippen LogP contribution in [0.5, 0.6) is 0 Å². The van der Waals surface area contributed by atoms with Gasteiger partial charge in [0, 0.05) is 30.9 Å². The van der Waals surface area contributed by atoms with E-state index in [0.717, 1.165) is 11.4 Å². The third kappa shape index (κ3) is 4.35. The molecular weight excluding hydrogens is 260 g/mol. The third-order valence-corrected chi connectivity index (χ3v) is 3.37. The van der Waals surface area contributed by atoms with Gasteiger partial charge < -0.3 is 10.2 Å². The lowest BCUT2D eigenvalue weighted by Crippen LogP contribution is -2.31. The molecule has 0 aliphatic carbocycles. The number of carbonyl (C=O) groups is 1. The maximum atomic E-state index is 12.3. The first-order chi connectivity index (χ1) is 10.2. The zero-order valence-electron chi connectivity index (χ0n) is 12.7. The molecule has 3 nitrogen and oxygen atoms in total. The topological polar surface area (TPSA) is 32.3 Å². The van der Waals surface area contributed by atoms with Gasteiger partial charge in [-0.3, -0.25) is 4.79 Å². The smallest absolute Gasteiger partial charge is 0.228 e. The monoisotopic (exact) mass is 282 g/mol. The largest absolute Gasteiger partial charge is 0.385 e. The summed E-state index contributed by atoms with van der Waals surface area (Å²) >= 11 is 0. The van der Waals surface area contributed by atoms with E-state index in [-0.39, 0.29) is 5.91 Å². The van der Waals surface area contributed by atoms with Crippen LogP contribution in [0.4, 0.5) is 11.4 Å². The van der Waals surface area contributed by atoms with Crippen LogP contribution in [0.25, 0.3) is 0 Å². The van der Waals surface area contributed by atoms with Crippen molar-refractivity contribution >= 4 is 17.3 Å². The molecule has 0 saturated carbocycles. The van der Waals surface area contributed by atoms with Crippen LogP contribution < -0.4 is 10.2 Å². The Morgan fingerprint density at radius 1 is 1.10 bits per heavy atom. The highest BCUT2D eigenvalue weighted by molar-refractivity contribution is 5.93. The minimum atomic E-state index is 0.142. The number of anilines is 2. The molecule has 3 heteroatoms. The first-order valence-electron chi connectivity index (χ1n) is 7.36. The quantitative estimate of drug-likeness (QED) is 0.872. The molecule has 110 valence electrons. The van der Waals surface area contributed by atoms with E-state index in [2.05, 4.69) is 24.4 Å². The highest BCUT2D eigenvalue weighted by atomic mass is 16.2. The van der Waals surface area contributed by atoms with Crippen molar-refractivity contribution in [3.05, 3.63) is 60.2 Å². The van der Waals surface area contributed by atoms with E-state index in [4.69, 9.17) is 0 Å². The fourth-order valence-electron chi connectivity index (χ4n) is 2.31. The Hall–Kier alpha value is -2.29. The van der Waals surface area contributed by atoms with Crippen LogP contribution in [0.3, 0.4) is 0 Å². The van der Waals surface area contributed by atoms with E-state index < -0.39 is 0 Å². The van der Waals surface area contributed by atoms with E-state index >= 15 is 0 Å². The lowest BCUT2D eigenvalue weighted by Gasteiger charge is -2.21. The molecule has 0 fully saturated rings. The molecule has 0 bridgehead atoms. The molecule has 0 saturated heterocycles. The van der Waals surface area contributed by atoms with E-state index in [9.17, 15) is 4.79 Å². The molecule has 0 radical (unpaired) electrons. The van der Waals surface area contributed by atoms with Crippen molar-refractivity contribution in [2.24, 2.45) is 0 Å².